The Morgan fingerprint density at radius 3 is 2.32 bits per heavy atom. The van der Waals surface area contributed by atoms with Crippen molar-refractivity contribution in [1.29, 1.82) is 5.26 Å². The predicted octanol–water partition coefficient (Wildman–Crippen LogP) is -1.19. The highest BCUT2D eigenvalue weighted by molar-refractivity contribution is 5.78. The second kappa shape index (κ2) is 9.76. The normalized spacial score (nSPS) is 23.6. The van der Waals surface area contributed by atoms with Gasteiger partial charge in [0.1, 0.15) is 56.4 Å². The van der Waals surface area contributed by atoms with Crippen molar-refractivity contribution in [3.05, 3.63) is 24.3 Å². The molecule has 1 aliphatic heterocycles. The molecule has 0 bridgehead atoms. The van der Waals surface area contributed by atoms with Crippen molar-refractivity contribution < 1.29 is 24.1 Å². The molecule has 2 fully saturated rings. The third-order valence-electron chi connectivity index (χ3n) is 5.91. The van der Waals surface area contributed by atoms with Crippen LogP contribution in [0.4, 0.5) is 0 Å². The maximum Gasteiger partial charge on any atom is 0.276 e. The second-order valence-corrected chi connectivity index (χ2v) is 7.90. The molecular weight excluding hydrogens is 356 g/mol. The number of amides is 1. The van der Waals surface area contributed by atoms with Crippen molar-refractivity contribution in [1.82, 2.24) is 5.32 Å². The molecule has 1 heterocycles. The second-order valence-electron chi connectivity index (χ2n) is 7.90. The molecule has 7 nitrogen and oxygen atoms in total. The summed E-state index contributed by atoms with van der Waals surface area (Å²) in [4.78, 5) is 15.2. The van der Waals surface area contributed by atoms with E-state index in [1.807, 2.05) is 24.3 Å². The van der Waals surface area contributed by atoms with Crippen molar-refractivity contribution in [3.63, 3.8) is 0 Å². The summed E-state index contributed by atoms with van der Waals surface area (Å²) in [5.41, 5.74) is -0.609. The van der Waals surface area contributed by atoms with Crippen LogP contribution in [0.25, 0.3) is 0 Å². The lowest BCUT2D eigenvalue weighted by Crippen LogP contribution is -3.28. The molecule has 0 atom stereocenters. The molecule has 1 aliphatic carbocycles. The van der Waals surface area contributed by atoms with Gasteiger partial charge in [0, 0.05) is 0 Å². The number of benzene rings is 1. The Kier molecular flexibility index (Phi) is 7.12. The molecule has 0 aromatic heterocycles. The van der Waals surface area contributed by atoms with E-state index in [9.17, 15) is 10.1 Å². The van der Waals surface area contributed by atoms with Gasteiger partial charge in [-0.05, 0) is 49.9 Å². The molecule has 0 unspecified atom stereocenters. The van der Waals surface area contributed by atoms with E-state index in [1.54, 1.807) is 7.11 Å². The van der Waals surface area contributed by atoms with Crippen LogP contribution in [-0.2, 0) is 4.79 Å². The van der Waals surface area contributed by atoms with E-state index in [-0.39, 0.29) is 5.91 Å². The maximum absolute atomic E-state index is 12.4. The molecule has 1 saturated carbocycles. The number of piperazine rings is 1. The van der Waals surface area contributed by atoms with Crippen molar-refractivity contribution in [2.24, 2.45) is 0 Å². The number of methoxy groups -OCH3 is 1. The topological polar surface area (TPSA) is 80.2 Å². The number of hydrogen-bond donors (Lipinski definition) is 3. The highest BCUT2D eigenvalue weighted by Gasteiger charge is 2.36. The van der Waals surface area contributed by atoms with Crippen molar-refractivity contribution in [2.45, 2.75) is 31.2 Å². The largest absolute Gasteiger partial charge is 0.497 e. The third kappa shape index (κ3) is 5.60. The van der Waals surface area contributed by atoms with Crippen LogP contribution < -0.4 is 24.6 Å². The van der Waals surface area contributed by atoms with E-state index in [1.165, 1.54) is 9.80 Å². The molecule has 7 heteroatoms. The summed E-state index contributed by atoms with van der Waals surface area (Å²) in [6.07, 6.45) is 3.63. The quantitative estimate of drug-likeness (QED) is 0.523. The van der Waals surface area contributed by atoms with Gasteiger partial charge in [-0.15, -0.1) is 0 Å². The molecule has 28 heavy (non-hydrogen) atoms. The smallest absolute Gasteiger partial charge is 0.276 e. The molecule has 3 N–H and O–H groups in total. The first-order valence-electron chi connectivity index (χ1n) is 10.3. The molecule has 2 aliphatic rings. The summed E-state index contributed by atoms with van der Waals surface area (Å²) < 4.78 is 11.0. The zero-order chi connectivity index (χ0) is 19.8. The lowest BCUT2D eigenvalue weighted by atomic mass is 10.00. The first-order chi connectivity index (χ1) is 13.6. The van der Waals surface area contributed by atoms with Crippen LogP contribution in [0.15, 0.2) is 24.3 Å². The van der Waals surface area contributed by atoms with Crippen LogP contribution in [-0.4, -0.2) is 64.4 Å². The zero-order valence-corrected chi connectivity index (χ0v) is 16.8. The zero-order valence-electron chi connectivity index (χ0n) is 16.8. The van der Waals surface area contributed by atoms with Gasteiger partial charge < -0.3 is 24.6 Å². The fourth-order valence-electron chi connectivity index (χ4n) is 4.15. The fraction of sp³-hybridized carbons (Fsp3) is 0.619. The highest BCUT2D eigenvalue weighted by Crippen LogP contribution is 2.28. The third-order valence-corrected chi connectivity index (χ3v) is 5.91. The minimum absolute atomic E-state index is 0.0183. The number of ether oxygens (including phenoxy) is 2. The molecule has 1 saturated heterocycles. The Labute approximate surface area is 167 Å². The van der Waals surface area contributed by atoms with Crippen LogP contribution in [0.2, 0.25) is 0 Å². The van der Waals surface area contributed by atoms with Crippen molar-refractivity contribution in [2.75, 3.05) is 53.0 Å². The van der Waals surface area contributed by atoms with Crippen LogP contribution in [0.1, 0.15) is 25.7 Å². The molecule has 1 aromatic rings. The summed E-state index contributed by atoms with van der Waals surface area (Å²) in [5.74, 6) is 1.71. The van der Waals surface area contributed by atoms with E-state index < -0.39 is 5.54 Å². The average Bonchev–Trinajstić information content (AvgIpc) is 3.18. The minimum atomic E-state index is -0.609. The Morgan fingerprint density at radius 1 is 1.11 bits per heavy atom. The molecule has 1 amide bonds. The van der Waals surface area contributed by atoms with Gasteiger partial charge in [-0.3, -0.25) is 4.79 Å². The lowest BCUT2D eigenvalue weighted by molar-refractivity contribution is -1.01. The van der Waals surface area contributed by atoms with Gasteiger partial charge in [0.05, 0.1) is 13.2 Å². The summed E-state index contributed by atoms with van der Waals surface area (Å²) in [6, 6.07) is 9.98. The number of nitrogens with zero attached hydrogens (tertiary/aromatic N) is 1. The summed E-state index contributed by atoms with van der Waals surface area (Å²) >= 11 is 0. The molecule has 1 aromatic carbocycles. The number of quaternary nitrogens is 2. The Hall–Kier alpha value is -2.30. The number of nitriles is 1. The fourth-order valence-corrected chi connectivity index (χ4v) is 4.15. The summed E-state index contributed by atoms with van der Waals surface area (Å²) in [7, 11) is 1.65. The van der Waals surface area contributed by atoms with Gasteiger partial charge in [0.25, 0.3) is 5.91 Å². The number of rotatable bonds is 8. The number of hydrogen-bond acceptors (Lipinski definition) is 4. The number of nitrogens with one attached hydrogen (secondary N) is 3. The average molecular weight is 389 g/mol. The van der Waals surface area contributed by atoms with Crippen LogP contribution in [0, 0.1) is 11.3 Å². The molecular formula is C21H32N4O3+2. The van der Waals surface area contributed by atoms with Gasteiger partial charge in [0.2, 0.25) is 0 Å². The van der Waals surface area contributed by atoms with Crippen LogP contribution in [0.3, 0.4) is 0 Å². The highest BCUT2D eigenvalue weighted by atomic mass is 16.5. The first kappa shape index (κ1) is 20.4. The Morgan fingerprint density at radius 2 is 1.71 bits per heavy atom. The van der Waals surface area contributed by atoms with Gasteiger partial charge in [-0.1, -0.05) is 0 Å². The first-order valence-corrected chi connectivity index (χ1v) is 10.3. The van der Waals surface area contributed by atoms with Crippen LogP contribution >= 0.6 is 0 Å². The van der Waals surface area contributed by atoms with E-state index in [4.69, 9.17) is 9.47 Å². The van der Waals surface area contributed by atoms with E-state index in [2.05, 4.69) is 11.4 Å². The van der Waals surface area contributed by atoms with Crippen molar-refractivity contribution in [3.8, 4) is 17.6 Å². The maximum atomic E-state index is 12.4. The molecule has 152 valence electrons. The Balaban J connectivity index is 1.33. The van der Waals surface area contributed by atoms with Crippen LogP contribution in [0.5, 0.6) is 11.5 Å². The standard InChI is InChI=1S/C21H30N4O3/c1-27-18-4-6-19(7-5-18)28-15-14-24-10-12-25(13-11-24)16-20(26)23-21(17-22)8-2-3-9-21/h4-7H,2-3,8-16H2,1H3,(H,23,26)/p+2. The van der Waals surface area contributed by atoms with E-state index in [0.29, 0.717) is 13.2 Å². The monoisotopic (exact) mass is 388 g/mol. The molecule has 3 rings (SSSR count). The number of carbonyl (C=O) groups is 1. The SMILES string of the molecule is COc1ccc(OCC[NH+]2CC[NH+](CC(=O)NC3(C#N)CCCC3)CC2)cc1. The lowest BCUT2D eigenvalue weighted by Gasteiger charge is -2.30. The summed E-state index contributed by atoms with van der Waals surface area (Å²) in [5, 5.41) is 12.4. The van der Waals surface area contributed by atoms with Gasteiger partial charge in [-0.2, -0.15) is 5.26 Å². The molecule has 0 spiro atoms. The molecule has 0 radical (unpaired) electrons. The van der Waals surface area contributed by atoms with Gasteiger partial charge in [0.15, 0.2) is 6.54 Å². The van der Waals surface area contributed by atoms with Crippen molar-refractivity contribution >= 4 is 5.91 Å². The van der Waals surface area contributed by atoms with Gasteiger partial charge in [-0.25, -0.2) is 0 Å². The number of carbonyl (C=O) groups excluding carboxylic acids is 1. The van der Waals surface area contributed by atoms with E-state index in [0.717, 1.165) is 69.9 Å². The Bertz CT molecular complexity index is 672. The summed E-state index contributed by atoms with van der Waals surface area (Å²) in [6.45, 7) is 6.15. The van der Waals surface area contributed by atoms with E-state index >= 15 is 0 Å². The van der Waals surface area contributed by atoms with Gasteiger partial charge >= 0.3 is 0 Å². The minimum Gasteiger partial charge on any atom is -0.497 e. The predicted molar refractivity (Wildman–Crippen MR) is 105 cm³/mol.